The molecule has 0 saturated carbocycles. The molecule has 16 heavy (non-hydrogen) atoms. The van der Waals surface area contributed by atoms with Gasteiger partial charge in [0.25, 0.3) is 0 Å². The van der Waals surface area contributed by atoms with Crippen LogP contribution in [0.1, 0.15) is 52.4 Å². The third kappa shape index (κ3) is 4.55. The summed E-state index contributed by atoms with van der Waals surface area (Å²) in [6, 6.07) is 4.14. The molecule has 0 atom stereocenters. The number of allylic oxidation sites excluding steroid dienone is 1. The van der Waals surface area contributed by atoms with Crippen molar-refractivity contribution in [1.82, 2.24) is 4.57 Å². The van der Waals surface area contributed by atoms with Crippen molar-refractivity contribution < 1.29 is 0 Å². The summed E-state index contributed by atoms with van der Waals surface area (Å²) in [5.41, 5.74) is 4.74. The molecule has 1 nitrogen and oxygen atoms in total. The van der Waals surface area contributed by atoms with Gasteiger partial charge in [-0.3, -0.25) is 0 Å². The van der Waals surface area contributed by atoms with Crippen LogP contribution in [0.4, 0.5) is 0 Å². The smallest absolute Gasteiger partial charge is 0.0641 e. The lowest BCUT2D eigenvalue weighted by atomic mass is 10.2. The molecule has 0 amide bonds. The van der Waals surface area contributed by atoms with E-state index in [1.54, 1.807) is 0 Å². The van der Waals surface area contributed by atoms with Crippen LogP contribution in [0.25, 0.3) is 5.70 Å². The molecule has 0 N–H and O–H groups in total. The van der Waals surface area contributed by atoms with Gasteiger partial charge < -0.3 is 4.57 Å². The number of nitrogens with zero attached hydrogens (tertiary/aromatic N) is 1. The van der Waals surface area contributed by atoms with Crippen LogP contribution in [0.5, 0.6) is 0 Å². The lowest BCUT2D eigenvalue weighted by molar-refractivity contribution is 0.796. The minimum Gasteiger partial charge on any atom is -0.321 e. The van der Waals surface area contributed by atoms with Gasteiger partial charge in [0.1, 0.15) is 0 Å². The molecule has 1 aromatic rings. The Bertz CT molecular complexity index is 326. The molecule has 1 rings (SSSR count). The number of rotatable bonds is 7. The standard InChI is InChI=1S/C15H23N/c1-3-5-7-8-12-15(11-6-4-2)16-13-9-10-14-16/h8-10,13-14H,3-7,11H2,1-2H3. The van der Waals surface area contributed by atoms with Crippen LogP contribution in [-0.2, 0) is 0 Å². The molecule has 0 fully saturated rings. The molecule has 0 bridgehead atoms. The van der Waals surface area contributed by atoms with Crippen molar-refractivity contribution >= 4 is 5.70 Å². The second kappa shape index (κ2) is 8.01. The first kappa shape index (κ1) is 12.9. The quantitative estimate of drug-likeness (QED) is 0.454. The third-order valence-electron chi connectivity index (χ3n) is 2.65. The SMILES string of the molecule is CCCCC=C=C(CCCC)n1cccc1. The summed E-state index contributed by atoms with van der Waals surface area (Å²) in [6.07, 6.45) is 13.7. The van der Waals surface area contributed by atoms with Gasteiger partial charge in [-0.25, -0.2) is 0 Å². The Balaban J connectivity index is 2.67. The Kier molecular flexibility index (Phi) is 6.44. The molecular weight excluding hydrogens is 194 g/mol. The predicted molar refractivity (Wildman–Crippen MR) is 71.3 cm³/mol. The van der Waals surface area contributed by atoms with E-state index in [1.165, 1.54) is 31.4 Å². The highest BCUT2D eigenvalue weighted by molar-refractivity contribution is 5.44. The first-order valence-electron chi connectivity index (χ1n) is 6.45. The molecule has 0 aliphatic carbocycles. The van der Waals surface area contributed by atoms with Gasteiger partial charge in [-0.1, -0.05) is 26.7 Å². The van der Waals surface area contributed by atoms with Crippen LogP contribution in [0.15, 0.2) is 36.3 Å². The zero-order chi connectivity index (χ0) is 11.6. The Labute approximate surface area is 99.5 Å². The fourth-order valence-corrected chi connectivity index (χ4v) is 1.63. The lowest BCUT2D eigenvalue weighted by Crippen LogP contribution is -1.92. The summed E-state index contributed by atoms with van der Waals surface area (Å²) < 4.78 is 2.18. The van der Waals surface area contributed by atoms with E-state index >= 15 is 0 Å². The van der Waals surface area contributed by atoms with Gasteiger partial charge in [-0.2, -0.15) is 0 Å². The minimum atomic E-state index is 1.12. The summed E-state index contributed by atoms with van der Waals surface area (Å²) in [4.78, 5) is 0. The molecular formula is C15H23N. The Morgan fingerprint density at radius 3 is 2.44 bits per heavy atom. The second-order valence-electron chi connectivity index (χ2n) is 4.13. The van der Waals surface area contributed by atoms with Crippen LogP contribution < -0.4 is 0 Å². The maximum atomic E-state index is 3.45. The first-order chi connectivity index (χ1) is 7.88. The third-order valence-corrected chi connectivity index (χ3v) is 2.65. The second-order valence-corrected chi connectivity index (χ2v) is 4.13. The van der Waals surface area contributed by atoms with Crippen molar-refractivity contribution in [2.24, 2.45) is 0 Å². The van der Waals surface area contributed by atoms with Gasteiger partial charge in [0.2, 0.25) is 0 Å². The van der Waals surface area contributed by atoms with Crippen molar-refractivity contribution in [3.8, 4) is 0 Å². The Morgan fingerprint density at radius 1 is 1.12 bits per heavy atom. The maximum Gasteiger partial charge on any atom is 0.0641 e. The molecule has 0 saturated heterocycles. The van der Waals surface area contributed by atoms with Crippen LogP contribution in [0, 0.1) is 0 Å². The fourth-order valence-electron chi connectivity index (χ4n) is 1.63. The van der Waals surface area contributed by atoms with Crippen LogP contribution in [0.3, 0.4) is 0 Å². The average Bonchev–Trinajstić information content (AvgIpc) is 2.82. The molecule has 1 heteroatoms. The highest BCUT2D eigenvalue weighted by Gasteiger charge is 1.96. The van der Waals surface area contributed by atoms with E-state index in [9.17, 15) is 0 Å². The highest BCUT2D eigenvalue weighted by atomic mass is 14.9. The molecule has 1 aromatic heterocycles. The predicted octanol–water partition coefficient (Wildman–Crippen LogP) is 4.86. The Hall–Kier alpha value is -1.20. The highest BCUT2D eigenvalue weighted by Crippen LogP contribution is 2.12. The van der Waals surface area contributed by atoms with Crippen molar-refractivity contribution in [3.63, 3.8) is 0 Å². The van der Waals surface area contributed by atoms with Crippen LogP contribution in [0.2, 0.25) is 0 Å². The molecule has 88 valence electrons. The average molecular weight is 217 g/mol. The number of aromatic nitrogens is 1. The van der Waals surface area contributed by atoms with Gasteiger partial charge in [-0.15, -0.1) is 5.73 Å². The molecule has 0 unspecified atom stereocenters. The van der Waals surface area contributed by atoms with E-state index in [1.807, 2.05) is 0 Å². The maximum absolute atomic E-state index is 3.45. The van der Waals surface area contributed by atoms with Crippen molar-refractivity contribution in [3.05, 3.63) is 36.3 Å². The summed E-state index contributed by atoms with van der Waals surface area (Å²) in [6.45, 7) is 4.45. The number of unbranched alkanes of at least 4 members (excludes halogenated alkanes) is 3. The van der Waals surface area contributed by atoms with E-state index in [4.69, 9.17) is 0 Å². The summed E-state index contributed by atoms with van der Waals surface area (Å²) >= 11 is 0. The first-order valence-corrected chi connectivity index (χ1v) is 6.45. The number of hydrogen-bond acceptors (Lipinski definition) is 0. The van der Waals surface area contributed by atoms with Gasteiger partial charge >= 0.3 is 0 Å². The zero-order valence-corrected chi connectivity index (χ0v) is 10.6. The zero-order valence-electron chi connectivity index (χ0n) is 10.6. The van der Waals surface area contributed by atoms with E-state index < -0.39 is 0 Å². The summed E-state index contributed by atoms with van der Waals surface area (Å²) in [7, 11) is 0. The lowest BCUT2D eigenvalue weighted by Gasteiger charge is -2.05. The largest absolute Gasteiger partial charge is 0.321 e. The Morgan fingerprint density at radius 2 is 1.81 bits per heavy atom. The number of hydrogen-bond donors (Lipinski definition) is 0. The van der Waals surface area contributed by atoms with Crippen molar-refractivity contribution in [2.75, 3.05) is 0 Å². The van der Waals surface area contributed by atoms with Crippen molar-refractivity contribution in [1.29, 1.82) is 0 Å². The molecule has 1 heterocycles. The van der Waals surface area contributed by atoms with Gasteiger partial charge in [0.15, 0.2) is 0 Å². The minimum absolute atomic E-state index is 1.12. The fraction of sp³-hybridized carbons (Fsp3) is 0.533. The molecule has 0 aromatic carbocycles. The van der Waals surface area contributed by atoms with Crippen LogP contribution >= 0.6 is 0 Å². The van der Waals surface area contributed by atoms with Gasteiger partial charge in [0.05, 0.1) is 5.70 Å². The van der Waals surface area contributed by atoms with Crippen molar-refractivity contribution in [2.45, 2.75) is 52.4 Å². The normalized spacial score (nSPS) is 9.88. The monoisotopic (exact) mass is 217 g/mol. The van der Waals surface area contributed by atoms with Crippen LogP contribution in [-0.4, -0.2) is 4.57 Å². The van der Waals surface area contributed by atoms with Gasteiger partial charge in [-0.05, 0) is 43.9 Å². The van der Waals surface area contributed by atoms with E-state index in [0.717, 1.165) is 12.8 Å². The topological polar surface area (TPSA) is 4.93 Å². The van der Waals surface area contributed by atoms with E-state index in [2.05, 4.69) is 54.7 Å². The van der Waals surface area contributed by atoms with E-state index in [-0.39, 0.29) is 0 Å². The molecule has 0 aliphatic heterocycles. The molecule has 0 aliphatic rings. The summed E-state index contributed by atoms with van der Waals surface area (Å²) in [5, 5.41) is 0. The van der Waals surface area contributed by atoms with E-state index in [0.29, 0.717) is 0 Å². The molecule has 0 radical (unpaired) electrons. The summed E-state index contributed by atoms with van der Waals surface area (Å²) in [5.74, 6) is 0. The molecule has 0 spiro atoms. The van der Waals surface area contributed by atoms with Gasteiger partial charge in [0, 0.05) is 12.4 Å².